The van der Waals surface area contributed by atoms with Crippen molar-refractivity contribution in [2.45, 2.75) is 6.92 Å². The van der Waals surface area contributed by atoms with Crippen LogP contribution in [0.2, 0.25) is 0 Å². The minimum absolute atomic E-state index is 0.260. The molecule has 37 heavy (non-hydrogen) atoms. The fourth-order valence-corrected chi connectivity index (χ4v) is 3.78. The van der Waals surface area contributed by atoms with Gasteiger partial charge in [0.25, 0.3) is 5.91 Å². The number of rotatable bonds is 8. The Hall–Kier alpha value is -4.85. The lowest BCUT2D eigenvalue weighted by Gasteiger charge is -2.13. The highest BCUT2D eigenvalue weighted by Crippen LogP contribution is 2.38. The lowest BCUT2D eigenvalue weighted by molar-refractivity contribution is 0.0734. The molecule has 8 heteroatoms. The summed E-state index contributed by atoms with van der Waals surface area (Å²) >= 11 is 0. The molecule has 1 amide bonds. The maximum absolute atomic E-state index is 12.8. The first-order valence-corrected chi connectivity index (χ1v) is 11.4. The highest BCUT2D eigenvalue weighted by atomic mass is 16.5. The Kier molecular flexibility index (Phi) is 7.68. The number of benzene rings is 4. The van der Waals surface area contributed by atoms with Crippen molar-refractivity contribution >= 4 is 28.9 Å². The number of esters is 1. The first-order valence-electron chi connectivity index (χ1n) is 11.4. The van der Waals surface area contributed by atoms with Crippen molar-refractivity contribution in [3.8, 4) is 23.0 Å². The number of methoxy groups -OCH3 is 3. The number of hydrogen-bond acceptors (Lipinski definition) is 7. The second kappa shape index (κ2) is 11.3. The van der Waals surface area contributed by atoms with E-state index in [9.17, 15) is 9.59 Å². The van der Waals surface area contributed by atoms with Gasteiger partial charge >= 0.3 is 5.97 Å². The highest BCUT2D eigenvalue weighted by Gasteiger charge is 2.17. The minimum Gasteiger partial charge on any atom is -0.493 e. The standard InChI is InChI=1S/C29H26N2O6/c1-18-9-11-20(12-10-18)29(33)37-24-14-13-19-7-5-6-8-22(19)23(24)17-30-31-28(32)21-15-25(34-2)27(36-4)26(16-21)35-3/h5-17H,1-4H3,(H,31,32)/b30-17+. The lowest BCUT2D eigenvalue weighted by atomic mass is 10.0. The van der Waals surface area contributed by atoms with Crippen molar-refractivity contribution in [2.75, 3.05) is 21.3 Å². The van der Waals surface area contributed by atoms with E-state index >= 15 is 0 Å². The molecular weight excluding hydrogens is 472 g/mol. The number of hydrogen-bond donors (Lipinski definition) is 1. The molecule has 188 valence electrons. The van der Waals surface area contributed by atoms with Crippen LogP contribution < -0.4 is 24.4 Å². The molecule has 0 bridgehead atoms. The van der Waals surface area contributed by atoms with Crippen molar-refractivity contribution in [2.24, 2.45) is 5.10 Å². The molecule has 0 aromatic heterocycles. The second-order valence-corrected chi connectivity index (χ2v) is 8.07. The van der Waals surface area contributed by atoms with E-state index in [4.69, 9.17) is 18.9 Å². The predicted octanol–water partition coefficient (Wildman–Crippen LogP) is 5.16. The number of nitrogens with one attached hydrogen (secondary N) is 1. The second-order valence-electron chi connectivity index (χ2n) is 8.07. The van der Waals surface area contributed by atoms with Crippen LogP contribution in [0.5, 0.6) is 23.0 Å². The number of fused-ring (bicyclic) bond motifs is 1. The third-order valence-corrected chi connectivity index (χ3v) is 5.71. The summed E-state index contributed by atoms with van der Waals surface area (Å²) in [5, 5.41) is 5.88. The predicted molar refractivity (Wildman–Crippen MR) is 141 cm³/mol. The quantitative estimate of drug-likeness (QED) is 0.156. The summed E-state index contributed by atoms with van der Waals surface area (Å²) in [7, 11) is 4.42. The molecule has 0 spiro atoms. The van der Waals surface area contributed by atoms with E-state index < -0.39 is 11.9 Å². The number of ether oxygens (including phenoxy) is 4. The minimum atomic E-state index is -0.494. The Bertz CT molecular complexity index is 1450. The Morgan fingerprint density at radius 1 is 0.784 bits per heavy atom. The smallest absolute Gasteiger partial charge is 0.343 e. The van der Waals surface area contributed by atoms with Crippen LogP contribution >= 0.6 is 0 Å². The molecule has 0 atom stereocenters. The molecule has 0 aliphatic carbocycles. The summed E-state index contributed by atoms with van der Waals surface area (Å²) < 4.78 is 21.7. The van der Waals surface area contributed by atoms with E-state index in [1.165, 1.54) is 39.7 Å². The topological polar surface area (TPSA) is 95.5 Å². The van der Waals surface area contributed by atoms with Crippen LogP contribution in [0.25, 0.3) is 10.8 Å². The van der Waals surface area contributed by atoms with Crippen molar-refractivity contribution in [3.05, 3.63) is 95.1 Å². The van der Waals surface area contributed by atoms with Crippen LogP contribution in [0.15, 0.2) is 77.9 Å². The zero-order valence-electron chi connectivity index (χ0n) is 20.9. The van der Waals surface area contributed by atoms with Gasteiger partial charge in [0.2, 0.25) is 5.75 Å². The summed E-state index contributed by atoms with van der Waals surface area (Å²) in [6.45, 7) is 1.94. The molecule has 0 unspecified atom stereocenters. The first-order chi connectivity index (χ1) is 17.9. The lowest BCUT2D eigenvalue weighted by Crippen LogP contribution is -2.18. The zero-order valence-corrected chi connectivity index (χ0v) is 20.9. The van der Waals surface area contributed by atoms with Crippen LogP contribution in [0.1, 0.15) is 31.8 Å². The van der Waals surface area contributed by atoms with Crippen LogP contribution in [-0.4, -0.2) is 39.4 Å². The number of carbonyl (C=O) groups is 2. The normalized spacial score (nSPS) is 10.8. The van der Waals surface area contributed by atoms with E-state index in [-0.39, 0.29) is 5.56 Å². The van der Waals surface area contributed by atoms with Gasteiger partial charge in [0.15, 0.2) is 11.5 Å². The van der Waals surface area contributed by atoms with Gasteiger partial charge in [-0.25, -0.2) is 10.2 Å². The fourth-order valence-electron chi connectivity index (χ4n) is 3.78. The molecular formula is C29H26N2O6. The highest BCUT2D eigenvalue weighted by molar-refractivity contribution is 6.04. The van der Waals surface area contributed by atoms with Gasteiger partial charge < -0.3 is 18.9 Å². The Morgan fingerprint density at radius 3 is 2.11 bits per heavy atom. The van der Waals surface area contributed by atoms with Gasteiger partial charge in [-0.2, -0.15) is 5.10 Å². The number of nitrogens with zero attached hydrogens (tertiary/aromatic N) is 1. The zero-order chi connectivity index (χ0) is 26.4. The molecule has 0 radical (unpaired) electrons. The Balaban J connectivity index is 1.62. The van der Waals surface area contributed by atoms with Crippen molar-refractivity contribution < 1.29 is 28.5 Å². The summed E-state index contributed by atoms with van der Waals surface area (Å²) in [5.74, 6) is 0.391. The largest absolute Gasteiger partial charge is 0.493 e. The van der Waals surface area contributed by atoms with E-state index in [1.807, 2.05) is 49.4 Å². The molecule has 0 saturated heterocycles. The van der Waals surface area contributed by atoms with E-state index in [1.54, 1.807) is 18.2 Å². The molecule has 4 aromatic rings. The van der Waals surface area contributed by atoms with Gasteiger partial charge in [-0.15, -0.1) is 0 Å². The number of amides is 1. The average Bonchev–Trinajstić information content (AvgIpc) is 2.93. The van der Waals surface area contributed by atoms with Gasteiger partial charge in [0.1, 0.15) is 5.75 Å². The van der Waals surface area contributed by atoms with Crippen LogP contribution in [-0.2, 0) is 0 Å². The maximum atomic E-state index is 12.8. The van der Waals surface area contributed by atoms with Crippen molar-refractivity contribution in [3.63, 3.8) is 0 Å². The number of carbonyl (C=O) groups excluding carboxylic acids is 2. The van der Waals surface area contributed by atoms with Crippen molar-refractivity contribution in [1.29, 1.82) is 0 Å². The monoisotopic (exact) mass is 498 g/mol. The first kappa shape index (κ1) is 25.2. The number of hydrazone groups is 1. The third-order valence-electron chi connectivity index (χ3n) is 5.71. The van der Waals surface area contributed by atoms with Crippen LogP contribution in [0.3, 0.4) is 0 Å². The van der Waals surface area contributed by atoms with Gasteiger partial charge in [-0.1, -0.05) is 48.0 Å². The molecule has 0 fully saturated rings. The molecule has 1 N–H and O–H groups in total. The molecule has 0 aliphatic heterocycles. The van der Waals surface area contributed by atoms with E-state index in [2.05, 4.69) is 10.5 Å². The van der Waals surface area contributed by atoms with Crippen LogP contribution in [0.4, 0.5) is 0 Å². The van der Waals surface area contributed by atoms with Gasteiger partial charge in [0.05, 0.1) is 33.1 Å². The summed E-state index contributed by atoms with van der Waals surface area (Å²) in [6, 6.07) is 21.3. The fraction of sp³-hybridized carbons (Fsp3) is 0.138. The summed E-state index contributed by atoms with van der Waals surface area (Å²) in [5.41, 5.74) is 4.78. The molecule has 8 nitrogen and oxygen atoms in total. The van der Waals surface area contributed by atoms with Crippen LogP contribution in [0, 0.1) is 6.92 Å². The Morgan fingerprint density at radius 2 is 1.46 bits per heavy atom. The van der Waals surface area contributed by atoms with E-state index in [0.29, 0.717) is 34.1 Å². The maximum Gasteiger partial charge on any atom is 0.343 e. The molecule has 0 saturated carbocycles. The average molecular weight is 499 g/mol. The third kappa shape index (κ3) is 5.54. The van der Waals surface area contributed by atoms with Gasteiger partial charge in [-0.3, -0.25) is 4.79 Å². The molecule has 0 aliphatic rings. The Labute approximate surface area is 214 Å². The summed E-state index contributed by atoms with van der Waals surface area (Å²) in [4.78, 5) is 25.6. The van der Waals surface area contributed by atoms with E-state index in [0.717, 1.165) is 16.3 Å². The van der Waals surface area contributed by atoms with Gasteiger partial charge in [-0.05, 0) is 48.0 Å². The number of aryl methyl sites for hydroxylation is 1. The summed E-state index contributed by atoms with van der Waals surface area (Å²) in [6.07, 6.45) is 1.45. The molecule has 4 aromatic carbocycles. The molecule has 4 rings (SSSR count). The van der Waals surface area contributed by atoms with Crippen molar-refractivity contribution in [1.82, 2.24) is 5.43 Å². The molecule has 0 heterocycles. The van der Waals surface area contributed by atoms with Gasteiger partial charge in [0, 0.05) is 11.1 Å². The SMILES string of the molecule is COc1cc(C(=O)N/N=C/c2c(OC(=O)c3ccc(C)cc3)ccc3ccccc23)cc(OC)c1OC.